The second-order valence-corrected chi connectivity index (χ2v) is 10.2. The average molecular weight is 473 g/mol. The summed E-state index contributed by atoms with van der Waals surface area (Å²) in [6.07, 6.45) is 6.39. The minimum atomic E-state index is -0.998. The zero-order valence-corrected chi connectivity index (χ0v) is 19.5. The number of esters is 1. The smallest absolute Gasteiger partial charge is 0.343 e. The van der Waals surface area contributed by atoms with E-state index in [1.54, 1.807) is 24.3 Å². The highest BCUT2D eigenvalue weighted by Crippen LogP contribution is 2.51. The van der Waals surface area contributed by atoms with Crippen LogP contribution in [0.4, 0.5) is 0 Å². The van der Waals surface area contributed by atoms with Crippen molar-refractivity contribution in [2.75, 3.05) is 0 Å². The molecule has 0 amide bonds. The van der Waals surface area contributed by atoms with Gasteiger partial charge < -0.3 is 28.4 Å². The number of carbonyl (C=O) groups excluding carboxylic acids is 2. The van der Waals surface area contributed by atoms with E-state index in [1.165, 1.54) is 6.92 Å². The standard InChI is InChI=1S/C26H32O8/c1-16(27)17-8-10-18(11-9-17)29-23(28)21-19-20(32-25(31-19)12-4-2-5-13-25)22-24(30-21)34-26(33-22)14-6-3-7-15-26/h8-11,19-22,24H,2-7,12-15H2,1H3/t19-,20-,21-,22-,24-/m1/s1. The van der Waals surface area contributed by atoms with Crippen LogP contribution in [0.3, 0.4) is 0 Å². The lowest BCUT2D eigenvalue weighted by molar-refractivity contribution is -0.250. The molecule has 0 aromatic heterocycles. The van der Waals surface area contributed by atoms with Gasteiger partial charge in [0.15, 0.2) is 29.8 Å². The van der Waals surface area contributed by atoms with E-state index >= 15 is 0 Å². The van der Waals surface area contributed by atoms with Crippen molar-refractivity contribution in [3.63, 3.8) is 0 Å². The summed E-state index contributed by atoms with van der Waals surface area (Å²) in [7, 11) is 0. The van der Waals surface area contributed by atoms with E-state index in [9.17, 15) is 9.59 Å². The summed E-state index contributed by atoms with van der Waals surface area (Å²) in [5, 5.41) is 0. The number of benzene rings is 1. The fourth-order valence-corrected chi connectivity index (χ4v) is 6.08. The predicted octanol–water partition coefficient (Wildman–Crippen LogP) is 4.04. The predicted molar refractivity (Wildman–Crippen MR) is 118 cm³/mol. The summed E-state index contributed by atoms with van der Waals surface area (Å²) in [5.41, 5.74) is 0.553. The van der Waals surface area contributed by atoms with Crippen LogP contribution in [-0.4, -0.2) is 54.0 Å². The highest BCUT2D eigenvalue weighted by molar-refractivity contribution is 5.94. The number of rotatable bonds is 3. The number of carbonyl (C=O) groups is 2. The summed E-state index contributed by atoms with van der Waals surface area (Å²) >= 11 is 0. The average Bonchev–Trinajstić information content (AvgIpc) is 3.37. The van der Waals surface area contributed by atoms with Crippen molar-refractivity contribution in [3.05, 3.63) is 29.8 Å². The van der Waals surface area contributed by atoms with Crippen LogP contribution in [0.1, 0.15) is 81.5 Å². The van der Waals surface area contributed by atoms with E-state index in [0.717, 1.165) is 64.2 Å². The van der Waals surface area contributed by atoms with E-state index < -0.39 is 48.2 Å². The van der Waals surface area contributed by atoms with Crippen LogP contribution >= 0.6 is 0 Å². The molecule has 3 saturated heterocycles. The van der Waals surface area contributed by atoms with E-state index in [1.807, 2.05) is 0 Å². The maximum absolute atomic E-state index is 13.3. The molecule has 0 bridgehead atoms. The highest BCUT2D eigenvalue weighted by atomic mass is 16.9. The molecule has 34 heavy (non-hydrogen) atoms. The van der Waals surface area contributed by atoms with E-state index in [-0.39, 0.29) is 5.78 Å². The SMILES string of the molecule is CC(=O)c1ccc(OC(=O)[C@@H]2O[C@@H]3OC4(CCCCC4)O[C@@H]3[C@@H]3OC4(CCCCC4)O[C@H]32)cc1. The van der Waals surface area contributed by atoms with Gasteiger partial charge in [0, 0.05) is 31.2 Å². The minimum absolute atomic E-state index is 0.0494. The van der Waals surface area contributed by atoms with Crippen LogP contribution in [0.15, 0.2) is 24.3 Å². The lowest BCUT2D eigenvalue weighted by Gasteiger charge is -2.35. The van der Waals surface area contributed by atoms with Crippen molar-refractivity contribution in [2.24, 2.45) is 0 Å². The zero-order valence-electron chi connectivity index (χ0n) is 19.5. The third-order valence-electron chi connectivity index (χ3n) is 7.82. The maximum Gasteiger partial charge on any atom is 0.343 e. The lowest BCUT2D eigenvalue weighted by atomic mass is 9.94. The molecule has 3 heterocycles. The Hall–Kier alpha value is -1.84. The third-order valence-corrected chi connectivity index (χ3v) is 7.82. The van der Waals surface area contributed by atoms with Gasteiger partial charge in [-0.15, -0.1) is 0 Å². The van der Waals surface area contributed by atoms with Gasteiger partial charge in [0.05, 0.1) is 0 Å². The molecule has 6 rings (SSSR count). The fraction of sp³-hybridized carbons (Fsp3) is 0.692. The molecule has 2 spiro atoms. The van der Waals surface area contributed by atoms with Crippen LogP contribution < -0.4 is 4.74 Å². The Labute approximate surface area is 199 Å². The van der Waals surface area contributed by atoms with Crippen LogP contribution in [0, 0.1) is 0 Å². The Kier molecular flexibility index (Phi) is 5.77. The van der Waals surface area contributed by atoms with Crippen molar-refractivity contribution in [3.8, 4) is 5.75 Å². The Bertz CT molecular complexity index is 931. The fourth-order valence-electron chi connectivity index (χ4n) is 6.08. The molecule has 8 nitrogen and oxygen atoms in total. The number of ether oxygens (including phenoxy) is 6. The maximum atomic E-state index is 13.3. The van der Waals surface area contributed by atoms with Gasteiger partial charge in [0.25, 0.3) is 0 Å². The minimum Gasteiger partial charge on any atom is -0.425 e. The molecule has 5 atom stereocenters. The second kappa shape index (κ2) is 8.68. The summed E-state index contributed by atoms with van der Waals surface area (Å²) in [4.78, 5) is 24.9. The second-order valence-electron chi connectivity index (χ2n) is 10.2. The van der Waals surface area contributed by atoms with Crippen LogP contribution in [0.2, 0.25) is 0 Å². The van der Waals surface area contributed by atoms with Crippen molar-refractivity contribution in [1.82, 2.24) is 0 Å². The molecular weight excluding hydrogens is 440 g/mol. The molecule has 0 radical (unpaired) electrons. The number of Topliss-reactive ketones (excluding diaryl/α,β-unsaturated/α-hetero) is 1. The first-order valence-corrected chi connectivity index (χ1v) is 12.7. The van der Waals surface area contributed by atoms with Crippen LogP contribution in [-0.2, 0) is 28.5 Å². The quantitative estimate of drug-likeness (QED) is 0.370. The summed E-state index contributed by atoms with van der Waals surface area (Å²) < 4.78 is 37.7. The van der Waals surface area contributed by atoms with E-state index in [2.05, 4.69) is 0 Å². The molecule has 2 saturated carbocycles. The highest BCUT2D eigenvalue weighted by Gasteiger charge is 2.65. The number of hydrogen-bond acceptors (Lipinski definition) is 8. The van der Waals surface area contributed by atoms with E-state index in [0.29, 0.717) is 11.3 Å². The van der Waals surface area contributed by atoms with Crippen molar-refractivity contribution in [1.29, 1.82) is 0 Å². The molecule has 0 N–H and O–H groups in total. The van der Waals surface area contributed by atoms with Gasteiger partial charge in [0.1, 0.15) is 24.1 Å². The molecule has 2 aliphatic carbocycles. The van der Waals surface area contributed by atoms with Gasteiger partial charge in [0.2, 0.25) is 0 Å². The number of ketones is 1. The third kappa shape index (κ3) is 3.99. The Morgan fingerprint density at radius 3 is 1.94 bits per heavy atom. The molecule has 5 aliphatic rings. The number of fused-ring (bicyclic) bond motifs is 3. The molecule has 184 valence electrons. The van der Waals surface area contributed by atoms with Crippen LogP contribution in [0.5, 0.6) is 5.75 Å². The molecule has 1 aromatic carbocycles. The van der Waals surface area contributed by atoms with Gasteiger partial charge in [-0.3, -0.25) is 4.79 Å². The van der Waals surface area contributed by atoms with Crippen molar-refractivity contribution >= 4 is 11.8 Å². The van der Waals surface area contributed by atoms with Crippen LogP contribution in [0.25, 0.3) is 0 Å². The number of hydrogen-bond donors (Lipinski definition) is 0. The van der Waals surface area contributed by atoms with Gasteiger partial charge in [-0.05, 0) is 56.9 Å². The molecular formula is C26H32O8. The monoisotopic (exact) mass is 472 g/mol. The first kappa shape index (κ1) is 22.6. The largest absolute Gasteiger partial charge is 0.425 e. The van der Waals surface area contributed by atoms with Gasteiger partial charge in [-0.1, -0.05) is 12.8 Å². The molecule has 8 heteroatoms. The van der Waals surface area contributed by atoms with Crippen molar-refractivity contribution in [2.45, 2.75) is 113 Å². The molecule has 5 fully saturated rings. The lowest BCUT2D eigenvalue weighted by Crippen LogP contribution is -2.58. The normalized spacial score (nSPS) is 35.6. The Morgan fingerprint density at radius 1 is 0.765 bits per heavy atom. The summed E-state index contributed by atoms with van der Waals surface area (Å²) in [6, 6.07) is 6.49. The van der Waals surface area contributed by atoms with Gasteiger partial charge >= 0.3 is 5.97 Å². The molecule has 1 aromatic rings. The van der Waals surface area contributed by atoms with Gasteiger partial charge in [-0.25, -0.2) is 4.79 Å². The first-order chi connectivity index (χ1) is 16.5. The molecule has 0 unspecified atom stereocenters. The zero-order chi connectivity index (χ0) is 23.3. The van der Waals surface area contributed by atoms with Crippen molar-refractivity contribution < 1.29 is 38.0 Å². The van der Waals surface area contributed by atoms with Gasteiger partial charge in [-0.2, -0.15) is 0 Å². The van der Waals surface area contributed by atoms with E-state index in [4.69, 9.17) is 28.4 Å². The summed E-state index contributed by atoms with van der Waals surface area (Å²) in [6.45, 7) is 1.49. The Balaban J connectivity index is 1.25. The molecule has 3 aliphatic heterocycles. The Morgan fingerprint density at radius 2 is 1.32 bits per heavy atom. The summed E-state index contributed by atoms with van der Waals surface area (Å²) in [5.74, 6) is -1.65. The topological polar surface area (TPSA) is 89.5 Å². The first-order valence-electron chi connectivity index (χ1n) is 12.7.